The summed E-state index contributed by atoms with van der Waals surface area (Å²) in [6, 6.07) is 15.6. The molecule has 0 aromatic heterocycles. The molecule has 0 bridgehead atoms. The molecule has 1 fully saturated rings. The monoisotopic (exact) mass is 388 g/mol. The molecule has 0 amide bonds. The van der Waals surface area contributed by atoms with E-state index >= 15 is 0 Å². The van der Waals surface area contributed by atoms with Crippen molar-refractivity contribution in [2.75, 3.05) is 37.7 Å². The molecule has 1 aliphatic rings. The number of rotatable bonds is 6. The van der Waals surface area contributed by atoms with Crippen molar-refractivity contribution < 1.29 is 13.2 Å². The highest BCUT2D eigenvalue weighted by Gasteiger charge is 2.31. The molecule has 1 heterocycles. The molecule has 2 aromatic rings. The standard InChI is InChI=1S/C21H28N2O3S/c1-4-26-20-11-10-18(17(2)3)16-21(20)27(24,25)23-14-12-22(13-15-23)19-8-6-5-7-9-19/h5-11,16-17H,4,12-15H2,1-3H3. The maximum atomic E-state index is 13.3. The van der Waals surface area contributed by atoms with Crippen LogP contribution in [0, 0.1) is 0 Å². The van der Waals surface area contributed by atoms with E-state index in [1.165, 1.54) is 0 Å². The third-order valence-corrected chi connectivity index (χ3v) is 6.83. The Hall–Kier alpha value is -2.05. The van der Waals surface area contributed by atoms with Gasteiger partial charge in [-0.15, -0.1) is 0 Å². The first-order valence-corrected chi connectivity index (χ1v) is 10.9. The van der Waals surface area contributed by atoms with E-state index < -0.39 is 10.0 Å². The van der Waals surface area contributed by atoms with Gasteiger partial charge in [-0.2, -0.15) is 4.31 Å². The van der Waals surface area contributed by atoms with Crippen LogP contribution in [0.2, 0.25) is 0 Å². The number of piperazine rings is 1. The molecule has 5 nitrogen and oxygen atoms in total. The Labute approximate surface area is 162 Å². The predicted octanol–water partition coefficient (Wildman–Crippen LogP) is 3.72. The van der Waals surface area contributed by atoms with Crippen molar-refractivity contribution >= 4 is 15.7 Å². The minimum atomic E-state index is -3.59. The maximum Gasteiger partial charge on any atom is 0.246 e. The summed E-state index contributed by atoms with van der Waals surface area (Å²) in [7, 11) is -3.59. The number of hydrogen-bond donors (Lipinski definition) is 0. The quantitative estimate of drug-likeness (QED) is 0.757. The van der Waals surface area contributed by atoms with Crippen LogP contribution in [0.15, 0.2) is 53.4 Å². The van der Waals surface area contributed by atoms with Crippen LogP contribution in [0.1, 0.15) is 32.3 Å². The second-order valence-electron chi connectivity index (χ2n) is 7.02. The fourth-order valence-corrected chi connectivity index (χ4v) is 4.91. The van der Waals surface area contributed by atoms with Gasteiger partial charge in [0.2, 0.25) is 10.0 Å². The van der Waals surface area contributed by atoms with E-state index in [1.54, 1.807) is 16.4 Å². The smallest absolute Gasteiger partial charge is 0.246 e. The number of ether oxygens (including phenoxy) is 1. The van der Waals surface area contributed by atoms with Crippen molar-refractivity contribution in [1.82, 2.24) is 4.31 Å². The molecule has 0 radical (unpaired) electrons. The number of anilines is 1. The van der Waals surface area contributed by atoms with Crippen LogP contribution in [-0.2, 0) is 10.0 Å². The molecular weight excluding hydrogens is 360 g/mol. The highest BCUT2D eigenvalue weighted by Crippen LogP contribution is 2.31. The summed E-state index contributed by atoms with van der Waals surface area (Å²) in [4.78, 5) is 2.50. The molecule has 0 N–H and O–H groups in total. The second-order valence-corrected chi connectivity index (χ2v) is 8.93. The molecule has 0 aliphatic carbocycles. The van der Waals surface area contributed by atoms with Gasteiger partial charge < -0.3 is 9.64 Å². The Morgan fingerprint density at radius 1 is 1.00 bits per heavy atom. The number of benzene rings is 2. The Kier molecular flexibility index (Phi) is 6.07. The number of hydrogen-bond acceptors (Lipinski definition) is 4. The number of nitrogens with zero attached hydrogens (tertiary/aromatic N) is 2. The van der Waals surface area contributed by atoms with Gasteiger partial charge in [0.1, 0.15) is 10.6 Å². The molecule has 0 saturated carbocycles. The first-order chi connectivity index (χ1) is 12.9. The summed E-state index contributed by atoms with van der Waals surface area (Å²) in [5.41, 5.74) is 2.13. The summed E-state index contributed by atoms with van der Waals surface area (Å²) < 4.78 is 33.9. The molecule has 0 atom stereocenters. The second kappa shape index (κ2) is 8.31. The van der Waals surface area contributed by atoms with Crippen molar-refractivity contribution in [3.05, 3.63) is 54.1 Å². The average molecular weight is 389 g/mol. The fraction of sp³-hybridized carbons (Fsp3) is 0.429. The summed E-state index contributed by atoms with van der Waals surface area (Å²) >= 11 is 0. The first-order valence-electron chi connectivity index (χ1n) is 9.50. The Morgan fingerprint density at radius 3 is 2.26 bits per heavy atom. The van der Waals surface area contributed by atoms with Crippen molar-refractivity contribution in [3.8, 4) is 5.75 Å². The molecule has 0 spiro atoms. The number of sulfonamides is 1. The van der Waals surface area contributed by atoms with Gasteiger partial charge in [-0.3, -0.25) is 0 Å². The van der Waals surface area contributed by atoms with Gasteiger partial charge in [0.25, 0.3) is 0 Å². The SMILES string of the molecule is CCOc1ccc(C(C)C)cc1S(=O)(=O)N1CCN(c2ccccc2)CC1. The van der Waals surface area contributed by atoms with Crippen molar-refractivity contribution in [2.45, 2.75) is 31.6 Å². The van der Waals surface area contributed by atoms with E-state index in [0.717, 1.165) is 11.3 Å². The lowest BCUT2D eigenvalue weighted by Crippen LogP contribution is -2.48. The van der Waals surface area contributed by atoms with E-state index in [4.69, 9.17) is 4.74 Å². The van der Waals surface area contributed by atoms with E-state index in [2.05, 4.69) is 30.9 Å². The van der Waals surface area contributed by atoms with Gasteiger partial charge in [-0.1, -0.05) is 38.1 Å². The third-order valence-electron chi connectivity index (χ3n) is 4.91. The molecular formula is C21H28N2O3S. The molecule has 3 rings (SSSR count). The molecule has 27 heavy (non-hydrogen) atoms. The fourth-order valence-electron chi connectivity index (χ4n) is 3.32. The van der Waals surface area contributed by atoms with Crippen LogP contribution < -0.4 is 9.64 Å². The Bertz CT molecular complexity index is 858. The summed E-state index contributed by atoms with van der Waals surface area (Å²) in [6.45, 7) is 8.71. The van der Waals surface area contributed by atoms with Gasteiger partial charge in [0.15, 0.2) is 0 Å². The van der Waals surface area contributed by atoms with Gasteiger partial charge in [0.05, 0.1) is 6.61 Å². The lowest BCUT2D eigenvalue weighted by atomic mass is 10.0. The highest BCUT2D eigenvalue weighted by atomic mass is 32.2. The van der Waals surface area contributed by atoms with Crippen LogP contribution >= 0.6 is 0 Å². The molecule has 1 aliphatic heterocycles. The zero-order valence-electron chi connectivity index (χ0n) is 16.3. The van der Waals surface area contributed by atoms with Crippen LogP contribution in [0.4, 0.5) is 5.69 Å². The van der Waals surface area contributed by atoms with Gasteiger partial charge in [-0.25, -0.2) is 8.42 Å². The van der Waals surface area contributed by atoms with E-state index in [9.17, 15) is 8.42 Å². The highest BCUT2D eigenvalue weighted by molar-refractivity contribution is 7.89. The molecule has 1 saturated heterocycles. The summed E-state index contributed by atoms with van der Waals surface area (Å²) in [5.74, 6) is 0.692. The molecule has 0 unspecified atom stereocenters. The van der Waals surface area contributed by atoms with Gasteiger partial charge >= 0.3 is 0 Å². The minimum Gasteiger partial charge on any atom is -0.492 e. The normalized spacial score (nSPS) is 15.9. The zero-order chi connectivity index (χ0) is 19.4. The minimum absolute atomic E-state index is 0.254. The summed E-state index contributed by atoms with van der Waals surface area (Å²) in [6.07, 6.45) is 0. The Morgan fingerprint density at radius 2 is 1.67 bits per heavy atom. The number of para-hydroxylation sites is 1. The Balaban J connectivity index is 1.83. The van der Waals surface area contributed by atoms with Gasteiger partial charge in [-0.05, 0) is 42.7 Å². The topological polar surface area (TPSA) is 49.9 Å². The van der Waals surface area contributed by atoms with Crippen LogP contribution in [0.5, 0.6) is 5.75 Å². The average Bonchev–Trinajstić information content (AvgIpc) is 2.69. The third kappa shape index (κ3) is 4.28. The molecule has 146 valence electrons. The van der Waals surface area contributed by atoms with Crippen molar-refractivity contribution in [2.24, 2.45) is 0 Å². The zero-order valence-corrected chi connectivity index (χ0v) is 17.1. The van der Waals surface area contributed by atoms with E-state index in [-0.39, 0.29) is 10.8 Å². The molecule has 2 aromatic carbocycles. The maximum absolute atomic E-state index is 13.3. The van der Waals surface area contributed by atoms with Crippen molar-refractivity contribution in [1.29, 1.82) is 0 Å². The van der Waals surface area contributed by atoms with Crippen molar-refractivity contribution in [3.63, 3.8) is 0 Å². The predicted molar refractivity (Wildman–Crippen MR) is 109 cm³/mol. The largest absolute Gasteiger partial charge is 0.492 e. The lowest BCUT2D eigenvalue weighted by Gasteiger charge is -2.35. The van der Waals surface area contributed by atoms with E-state index in [0.29, 0.717) is 38.5 Å². The van der Waals surface area contributed by atoms with Crippen LogP contribution in [0.3, 0.4) is 0 Å². The molecule has 6 heteroatoms. The van der Waals surface area contributed by atoms with Gasteiger partial charge in [0, 0.05) is 31.9 Å². The first kappa shape index (κ1) is 19.7. The van der Waals surface area contributed by atoms with E-state index in [1.807, 2.05) is 31.2 Å². The van der Waals surface area contributed by atoms with Crippen LogP contribution in [0.25, 0.3) is 0 Å². The summed E-state index contributed by atoms with van der Waals surface area (Å²) in [5, 5.41) is 0. The lowest BCUT2D eigenvalue weighted by molar-refractivity contribution is 0.327. The van der Waals surface area contributed by atoms with Crippen LogP contribution in [-0.4, -0.2) is 45.5 Å².